The predicted octanol–water partition coefficient (Wildman–Crippen LogP) is 2.11. The maximum absolute atomic E-state index is 5.93. The molecule has 0 fully saturated rings. The molecule has 0 aliphatic heterocycles. The van der Waals surface area contributed by atoms with Gasteiger partial charge in [0.1, 0.15) is 5.69 Å². The quantitative estimate of drug-likeness (QED) is 0.726. The minimum Gasteiger partial charge on any atom is -0.472 e. The Kier molecular flexibility index (Phi) is 2.15. The van der Waals surface area contributed by atoms with Crippen LogP contribution in [-0.4, -0.2) is 14.8 Å². The van der Waals surface area contributed by atoms with Gasteiger partial charge in [0.05, 0.1) is 30.1 Å². The maximum atomic E-state index is 5.93. The molecule has 0 aliphatic rings. The van der Waals surface area contributed by atoms with Gasteiger partial charge in [-0.2, -0.15) is 5.10 Å². The Morgan fingerprint density at radius 1 is 1.18 bits per heavy atom. The van der Waals surface area contributed by atoms with E-state index in [-0.39, 0.29) is 0 Å². The standard InChI is InChI=1S/C12H10N4O/c13-11-7-16(10-1-4-14-5-2-10)15-12(11)9-3-6-17-8-9/h1-8H,13H2. The van der Waals surface area contributed by atoms with Gasteiger partial charge in [-0.05, 0) is 18.2 Å². The molecule has 3 aromatic heterocycles. The summed E-state index contributed by atoms with van der Waals surface area (Å²) in [6, 6.07) is 5.56. The average molecular weight is 226 g/mol. The van der Waals surface area contributed by atoms with E-state index in [0.717, 1.165) is 16.9 Å². The molecule has 0 amide bonds. The number of hydrogen-bond acceptors (Lipinski definition) is 4. The molecule has 0 spiro atoms. The highest BCUT2D eigenvalue weighted by Gasteiger charge is 2.10. The van der Waals surface area contributed by atoms with Crippen molar-refractivity contribution in [1.82, 2.24) is 14.8 Å². The van der Waals surface area contributed by atoms with Gasteiger partial charge in [-0.15, -0.1) is 0 Å². The number of rotatable bonds is 2. The van der Waals surface area contributed by atoms with E-state index >= 15 is 0 Å². The van der Waals surface area contributed by atoms with Crippen molar-refractivity contribution in [2.45, 2.75) is 0 Å². The molecule has 2 N–H and O–H groups in total. The first kappa shape index (κ1) is 9.65. The third kappa shape index (κ3) is 1.67. The van der Waals surface area contributed by atoms with E-state index < -0.39 is 0 Å². The molecule has 0 saturated heterocycles. The minimum absolute atomic E-state index is 0.614. The summed E-state index contributed by atoms with van der Waals surface area (Å²) in [5.41, 5.74) is 9.05. The molecule has 5 nitrogen and oxygen atoms in total. The number of aromatic nitrogens is 3. The highest BCUT2D eigenvalue weighted by Crippen LogP contribution is 2.25. The monoisotopic (exact) mass is 226 g/mol. The number of nitrogen functional groups attached to an aromatic ring is 1. The second-order valence-electron chi connectivity index (χ2n) is 3.60. The van der Waals surface area contributed by atoms with Crippen LogP contribution < -0.4 is 5.73 Å². The molecule has 84 valence electrons. The zero-order valence-electron chi connectivity index (χ0n) is 8.95. The van der Waals surface area contributed by atoms with Crippen LogP contribution >= 0.6 is 0 Å². The van der Waals surface area contributed by atoms with Gasteiger partial charge in [-0.25, -0.2) is 4.68 Å². The maximum Gasteiger partial charge on any atom is 0.119 e. The zero-order chi connectivity index (χ0) is 11.7. The van der Waals surface area contributed by atoms with Gasteiger partial charge in [-0.3, -0.25) is 4.98 Å². The molecule has 0 aliphatic carbocycles. The number of nitrogens with zero attached hydrogens (tertiary/aromatic N) is 3. The van der Waals surface area contributed by atoms with Crippen LogP contribution in [0.2, 0.25) is 0 Å². The Morgan fingerprint density at radius 2 is 2.00 bits per heavy atom. The fourth-order valence-corrected chi connectivity index (χ4v) is 1.64. The van der Waals surface area contributed by atoms with Crippen molar-refractivity contribution in [3.8, 4) is 16.9 Å². The van der Waals surface area contributed by atoms with Gasteiger partial charge in [0.15, 0.2) is 0 Å². The van der Waals surface area contributed by atoms with Crippen LogP contribution in [0.5, 0.6) is 0 Å². The van der Waals surface area contributed by atoms with E-state index in [0.29, 0.717) is 5.69 Å². The molecule has 17 heavy (non-hydrogen) atoms. The van der Waals surface area contributed by atoms with Crippen molar-refractivity contribution in [1.29, 1.82) is 0 Å². The Balaban J connectivity index is 2.08. The SMILES string of the molecule is Nc1cn(-c2ccncc2)nc1-c1ccoc1. The lowest BCUT2D eigenvalue weighted by atomic mass is 10.2. The molecule has 0 unspecified atom stereocenters. The third-order valence-electron chi connectivity index (χ3n) is 2.46. The molecular weight excluding hydrogens is 216 g/mol. The van der Waals surface area contributed by atoms with Gasteiger partial charge in [0, 0.05) is 18.0 Å². The smallest absolute Gasteiger partial charge is 0.119 e. The third-order valence-corrected chi connectivity index (χ3v) is 2.46. The summed E-state index contributed by atoms with van der Waals surface area (Å²) in [7, 11) is 0. The summed E-state index contributed by atoms with van der Waals surface area (Å²) >= 11 is 0. The van der Waals surface area contributed by atoms with E-state index in [1.807, 2.05) is 18.2 Å². The molecule has 0 atom stereocenters. The lowest BCUT2D eigenvalue weighted by Gasteiger charge is -1.98. The number of hydrogen-bond donors (Lipinski definition) is 1. The highest BCUT2D eigenvalue weighted by atomic mass is 16.3. The van der Waals surface area contributed by atoms with E-state index in [9.17, 15) is 0 Å². The Hall–Kier alpha value is -2.56. The Bertz CT molecular complexity index is 613. The van der Waals surface area contributed by atoms with E-state index in [2.05, 4.69) is 10.1 Å². The predicted molar refractivity (Wildman–Crippen MR) is 63.5 cm³/mol. The number of nitrogens with two attached hydrogens (primary N) is 1. The van der Waals surface area contributed by atoms with Crippen molar-refractivity contribution in [3.63, 3.8) is 0 Å². The summed E-state index contributed by atoms with van der Waals surface area (Å²) in [6.07, 6.45) is 8.42. The van der Waals surface area contributed by atoms with Crippen LogP contribution in [0.15, 0.2) is 53.7 Å². The number of pyridine rings is 1. The zero-order valence-corrected chi connectivity index (χ0v) is 8.95. The van der Waals surface area contributed by atoms with Crippen molar-refractivity contribution in [2.24, 2.45) is 0 Å². The topological polar surface area (TPSA) is 69.9 Å². The van der Waals surface area contributed by atoms with Gasteiger partial charge in [-0.1, -0.05) is 0 Å². The molecule has 3 rings (SSSR count). The minimum atomic E-state index is 0.614. The molecule has 0 bridgehead atoms. The average Bonchev–Trinajstić information content (AvgIpc) is 2.99. The van der Waals surface area contributed by atoms with Crippen LogP contribution in [0.1, 0.15) is 0 Å². The van der Waals surface area contributed by atoms with Crippen molar-refractivity contribution < 1.29 is 4.42 Å². The van der Waals surface area contributed by atoms with Gasteiger partial charge in [0.25, 0.3) is 0 Å². The lowest BCUT2D eigenvalue weighted by molar-refractivity contribution is 0.568. The summed E-state index contributed by atoms with van der Waals surface area (Å²) in [5.74, 6) is 0. The van der Waals surface area contributed by atoms with Gasteiger partial charge < -0.3 is 10.2 Å². The number of furan rings is 1. The normalized spacial score (nSPS) is 10.6. The van der Waals surface area contributed by atoms with Crippen LogP contribution in [0.25, 0.3) is 16.9 Å². The van der Waals surface area contributed by atoms with Crippen LogP contribution in [0.3, 0.4) is 0 Å². The van der Waals surface area contributed by atoms with Crippen LogP contribution in [-0.2, 0) is 0 Å². The first-order valence-electron chi connectivity index (χ1n) is 5.13. The molecule has 0 saturated carbocycles. The van der Waals surface area contributed by atoms with Crippen molar-refractivity contribution in [2.75, 3.05) is 5.73 Å². The van der Waals surface area contributed by atoms with Crippen molar-refractivity contribution in [3.05, 3.63) is 49.3 Å². The van der Waals surface area contributed by atoms with Crippen molar-refractivity contribution >= 4 is 5.69 Å². The van der Waals surface area contributed by atoms with E-state index in [1.54, 1.807) is 35.8 Å². The first-order chi connectivity index (χ1) is 8.34. The molecule has 5 heteroatoms. The highest BCUT2D eigenvalue weighted by molar-refractivity contribution is 5.71. The van der Waals surface area contributed by atoms with Gasteiger partial charge >= 0.3 is 0 Å². The molecule has 3 aromatic rings. The Labute approximate surface area is 97.5 Å². The summed E-state index contributed by atoms with van der Waals surface area (Å²) in [5, 5.41) is 4.43. The second-order valence-corrected chi connectivity index (χ2v) is 3.60. The first-order valence-corrected chi connectivity index (χ1v) is 5.13. The van der Waals surface area contributed by atoms with Crippen LogP contribution in [0.4, 0.5) is 5.69 Å². The molecule has 3 heterocycles. The fourth-order valence-electron chi connectivity index (χ4n) is 1.64. The lowest BCUT2D eigenvalue weighted by Crippen LogP contribution is -1.94. The molecule has 0 radical (unpaired) electrons. The Morgan fingerprint density at radius 3 is 2.71 bits per heavy atom. The van der Waals surface area contributed by atoms with E-state index in [4.69, 9.17) is 10.2 Å². The van der Waals surface area contributed by atoms with E-state index in [1.165, 1.54) is 0 Å². The fraction of sp³-hybridized carbons (Fsp3) is 0. The summed E-state index contributed by atoms with van der Waals surface area (Å²) < 4.78 is 6.75. The second kappa shape index (κ2) is 3.79. The summed E-state index contributed by atoms with van der Waals surface area (Å²) in [6.45, 7) is 0. The summed E-state index contributed by atoms with van der Waals surface area (Å²) in [4.78, 5) is 3.96. The van der Waals surface area contributed by atoms with Crippen LogP contribution in [0, 0.1) is 0 Å². The largest absolute Gasteiger partial charge is 0.472 e. The molecular formula is C12H10N4O. The number of anilines is 1. The molecule has 0 aromatic carbocycles. The van der Waals surface area contributed by atoms with Gasteiger partial charge in [0.2, 0.25) is 0 Å².